The fraction of sp³-hybridized carbons (Fsp3) is 0.300. The van der Waals surface area contributed by atoms with E-state index < -0.39 is 10.0 Å². The molecule has 148 valence electrons. The Morgan fingerprint density at radius 2 is 1.75 bits per heavy atom. The van der Waals surface area contributed by atoms with Crippen molar-refractivity contribution < 1.29 is 18.0 Å². The van der Waals surface area contributed by atoms with Gasteiger partial charge in [-0.15, -0.1) is 0 Å². The van der Waals surface area contributed by atoms with E-state index in [1.54, 1.807) is 4.90 Å². The molecule has 1 aliphatic rings. The quantitative estimate of drug-likeness (QED) is 0.776. The van der Waals surface area contributed by atoms with Crippen LogP contribution >= 0.6 is 0 Å². The van der Waals surface area contributed by atoms with Gasteiger partial charge in [-0.1, -0.05) is 17.7 Å². The summed E-state index contributed by atoms with van der Waals surface area (Å²) in [5.41, 5.74) is 2.47. The zero-order chi connectivity index (χ0) is 20.3. The van der Waals surface area contributed by atoms with E-state index in [2.05, 4.69) is 10.0 Å². The molecule has 0 aromatic heterocycles. The molecule has 2 N–H and O–H groups in total. The third-order valence-electron chi connectivity index (χ3n) is 4.60. The first-order chi connectivity index (χ1) is 13.2. The second-order valence-electron chi connectivity index (χ2n) is 6.97. The molecule has 8 heteroatoms. The molecule has 3 rings (SSSR count). The monoisotopic (exact) mass is 401 g/mol. The Balaban J connectivity index is 1.61. The average molecular weight is 401 g/mol. The number of carbonyl (C=O) groups excluding carboxylic acids is 2. The standard InChI is InChI=1S/C20H23N3O4S/c1-14-3-7-18(8-4-14)23-13-16(11-20(23)25)12-21-28(26,27)19-9-5-17(6-10-19)22-15(2)24/h3-10,16,21H,11-13H2,1-2H3,(H,22,24)/t16-/m1/s1. The molecule has 28 heavy (non-hydrogen) atoms. The van der Waals surface area contributed by atoms with Gasteiger partial charge in [-0.25, -0.2) is 13.1 Å². The molecule has 1 atom stereocenters. The summed E-state index contributed by atoms with van der Waals surface area (Å²) in [7, 11) is -3.69. The number of carbonyl (C=O) groups is 2. The number of anilines is 2. The van der Waals surface area contributed by atoms with Gasteiger partial charge in [-0.05, 0) is 49.2 Å². The van der Waals surface area contributed by atoms with Crippen LogP contribution in [0.2, 0.25) is 0 Å². The minimum absolute atomic E-state index is 0.00675. The molecular formula is C20H23N3O4S. The van der Waals surface area contributed by atoms with Crippen LogP contribution in [0.15, 0.2) is 53.4 Å². The Labute approximate surface area is 164 Å². The Morgan fingerprint density at radius 3 is 2.36 bits per heavy atom. The Morgan fingerprint density at radius 1 is 1.11 bits per heavy atom. The molecule has 0 saturated carbocycles. The van der Waals surface area contributed by atoms with Crippen LogP contribution < -0.4 is 14.9 Å². The lowest BCUT2D eigenvalue weighted by molar-refractivity contribution is -0.117. The van der Waals surface area contributed by atoms with Crippen molar-refractivity contribution in [2.45, 2.75) is 25.2 Å². The molecule has 2 aromatic carbocycles. The first-order valence-corrected chi connectivity index (χ1v) is 10.5. The minimum Gasteiger partial charge on any atom is -0.326 e. The van der Waals surface area contributed by atoms with Crippen molar-refractivity contribution in [2.75, 3.05) is 23.3 Å². The topological polar surface area (TPSA) is 95.6 Å². The van der Waals surface area contributed by atoms with Gasteiger partial charge in [-0.3, -0.25) is 9.59 Å². The highest BCUT2D eigenvalue weighted by Crippen LogP contribution is 2.25. The maximum atomic E-state index is 12.5. The molecule has 0 unspecified atom stereocenters. The highest BCUT2D eigenvalue weighted by Gasteiger charge is 2.31. The number of sulfonamides is 1. The van der Waals surface area contributed by atoms with E-state index in [0.717, 1.165) is 11.3 Å². The molecule has 0 spiro atoms. The lowest BCUT2D eigenvalue weighted by Gasteiger charge is -2.17. The lowest BCUT2D eigenvalue weighted by Crippen LogP contribution is -2.31. The number of rotatable bonds is 6. The van der Waals surface area contributed by atoms with E-state index in [0.29, 0.717) is 18.7 Å². The molecule has 1 aliphatic heterocycles. The molecule has 1 saturated heterocycles. The fourth-order valence-corrected chi connectivity index (χ4v) is 4.24. The molecule has 0 radical (unpaired) electrons. The van der Waals surface area contributed by atoms with Gasteiger partial charge < -0.3 is 10.2 Å². The molecule has 1 fully saturated rings. The summed E-state index contributed by atoms with van der Waals surface area (Å²) < 4.78 is 27.6. The Kier molecular flexibility index (Phi) is 5.81. The zero-order valence-corrected chi connectivity index (χ0v) is 16.6. The first kappa shape index (κ1) is 20.0. The molecule has 1 heterocycles. The van der Waals surface area contributed by atoms with E-state index in [1.807, 2.05) is 31.2 Å². The van der Waals surface area contributed by atoms with E-state index in [1.165, 1.54) is 31.2 Å². The van der Waals surface area contributed by atoms with Gasteiger partial charge in [0.15, 0.2) is 0 Å². The van der Waals surface area contributed by atoms with Crippen LogP contribution in [-0.4, -0.2) is 33.3 Å². The first-order valence-electron chi connectivity index (χ1n) is 8.99. The molecular weight excluding hydrogens is 378 g/mol. The van der Waals surface area contributed by atoms with Crippen molar-refractivity contribution in [3.8, 4) is 0 Å². The highest BCUT2D eigenvalue weighted by atomic mass is 32.2. The number of hydrogen-bond acceptors (Lipinski definition) is 4. The van der Waals surface area contributed by atoms with Crippen LogP contribution in [0.5, 0.6) is 0 Å². The Hall–Kier alpha value is -2.71. The maximum absolute atomic E-state index is 12.5. The van der Waals surface area contributed by atoms with Gasteiger partial charge in [0, 0.05) is 37.8 Å². The van der Waals surface area contributed by atoms with E-state index in [4.69, 9.17) is 0 Å². The second kappa shape index (κ2) is 8.12. The third-order valence-corrected chi connectivity index (χ3v) is 6.04. The molecule has 7 nitrogen and oxygen atoms in total. The van der Waals surface area contributed by atoms with Gasteiger partial charge in [-0.2, -0.15) is 0 Å². The molecule has 0 aliphatic carbocycles. The Bertz CT molecular complexity index is 970. The van der Waals surface area contributed by atoms with Crippen molar-refractivity contribution in [1.82, 2.24) is 4.72 Å². The third kappa shape index (κ3) is 4.76. The summed E-state index contributed by atoms with van der Waals surface area (Å²) in [4.78, 5) is 25.2. The van der Waals surface area contributed by atoms with Crippen LogP contribution in [0.4, 0.5) is 11.4 Å². The number of nitrogens with zero attached hydrogens (tertiary/aromatic N) is 1. The summed E-state index contributed by atoms with van der Waals surface area (Å²) in [6.07, 6.45) is 0.303. The van der Waals surface area contributed by atoms with Crippen molar-refractivity contribution in [1.29, 1.82) is 0 Å². The van der Waals surface area contributed by atoms with E-state index >= 15 is 0 Å². The highest BCUT2D eigenvalue weighted by molar-refractivity contribution is 7.89. The van der Waals surface area contributed by atoms with Crippen LogP contribution in [-0.2, 0) is 19.6 Å². The number of benzene rings is 2. The average Bonchev–Trinajstić information content (AvgIpc) is 3.01. The van der Waals surface area contributed by atoms with Crippen molar-refractivity contribution in [3.63, 3.8) is 0 Å². The maximum Gasteiger partial charge on any atom is 0.240 e. The van der Waals surface area contributed by atoms with Gasteiger partial charge >= 0.3 is 0 Å². The smallest absolute Gasteiger partial charge is 0.240 e. The summed E-state index contributed by atoms with van der Waals surface area (Å²) in [6, 6.07) is 13.6. The number of amides is 2. The van der Waals surface area contributed by atoms with Crippen LogP contribution in [0.1, 0.15) is 18.9 Å². The molecule has 2 amide bonds. The summed E-state index contributed by atoms with van der Waals surface area (Å²) in [5, 5.41) is 2.59. The lowest BCUT2D eigenvalue weighted by atomic mass is 10.1. The second-order valence-corrected chi connectivity index (χ2v) is 8.73. The van der Waals surface area contributed by atoms with E-state index in [9.17, 15) is 18.0 Å². The van der Waals surface area contributed by atoms with Crippen LogP contribution in [0.3, 0.4) is 0 Å². The summed E-state index contributed by atoms with van der Waals surface area (Å²) >= 11 is 0. The van der Waals surface area contributed by atoms with Gasteiger partial charge in [0.2, 0.25) is 21.8 Å². The minimum atomic E-state index is -3.69. The largest absolute Gasteiger partial charge is 0.326 e. The van der Waals surface area contributed by atoms with Crippen molar-refractivity contribution in [2.24, 2.45) is 5.92 Å². The number of hydrogen-bond donors (Lipinski definition) is 2. The van der Waals surface area contributed by atoms with E-state index in [-0.39, 0.29) is 29.2 Å². The normalized spacial score (nSPS) is 17.0. The van der Waals surface area contributed by atoms with Crippen LogP contribution in [0.25, 0.3) is 0 Å². The zero-order valence-electron chi connectivity index (χ0n) is 15.8. The summed E-state index contributed by atoms with van der Waals surface area (Å²) in [6.45, 7) is 4.03. The van der Waals surface area contributed by atoms with Crippen molar-refractivity contribution >= 4 is 33.2 Å². The SMILES string of the molecule is CC(=O)Nc1ccc(S(=O)(=O)NC[C@H]2CC(=O)N(c3ccc(C)cc3)C2)cc1. The van der Waals surface area contributed by atoms with Gasteiger partial charge in [0.05, 0.1) is 4.90 Å². The van der Waals surface area contributed by atoms with Crippen LogP contribution in [0, 0.1) is 12.8 Å². The number of aryl methyl sites for hydroxylation is 1. The molecule has 0 bridgehead atoms. The fourth-order valence-electron chi connectivity index (χ4n) is 3.12. The molecule has 2 aromatic rings. The predicted octanol–water partition coefficient (Wildman–Crippen LogP) is 2.28. The summed E-state index contributed by atoms with van der Waals surface area (Å²) in [5.74, 6) is -0.326. The van der Waals surface area contributed by atoms with Crippen molar-refractivity contribution in [3.05, 3.63) is 54.1 Å². The van der Waals surface area contributed by atoms with Gasteiger partial charge in [0.25, 0.3) is 0 Å². The van der Waals surface area contributed by atoms with Gasteiger partial charge in [0.1, 0.15) is 0 Å². The predicted molar refractivity (Wildman–Crippen MR) is 108 cm³/mol. The number of nitrogens with one attached hydrogen (secondary N) is 2.